The molecule has 5 heteroatoms. The third-order valence-corrected chi connectivity index (χ3v) is 4.07. The van der Waals surface area contributed by atoms with E-state index in [0.29, 0.717) is 0 Å². The molecule has 0 radical (unpaired) electrons. The van der Waals surface area contributed by atoms with Crippen LogP contribution >= 0.6 is 31.9 Å². The van der Waals surface area contributed by atoms with Crippen molar-refractivity contribution in [2.45, 2.75) is 19.1 Å². The molecular weight excluding hydrogens is 344 g/mol. The number of rotatable bonds is 4. The Hall–Kier alpha value is 0.290. The van der Waals surface area contributed by atoms with Gasteiger partial charge in [0, 0.05) is 9.80 Å². The maximum absolute atomic E-state index is 10.8. The van der Waals surface area contributed by atoms with Gasteiger partial charge in [-0.05, 0) is 36.1 Å². The van der Waals surface area contributed by atoms with Crippen LogP contribution in [0.3, 0.4) is 0 Å². The monoisotopic (exact) mass is 354 g/mol. The molecule has 1 rings (SSSR count). The van der Waals surface area contributed by atoms with Gasteiger partial charge in [0.2, 0.25) is 0 Å². The minimum atomic E-state index is -1.78. The van der Waals surface area contributed by atoms with Gasteiger partial charge < -0.3 is 4.55 Å². The van der Waals surface area contributed by atoms with E-state index < -0.39 is 11.1 Å². The first-order valence-corrected chi connectivity index (χ1v) is 7.65. The number of alkyl halides is 1. The highest BCUT2D eigenvalue weighted by molar-refractivity contribution is 9.10. The molecule has 0 saturated carbocycles. The SMILES string of the molecule is Cc1c(Br)ccc(CS(=O)O)c1CCBr. The van der Waals surface area contributed by atoms with Crippen molar-refractivity contribution in [3.8, 4) is 0 Å². The normalized spacial score (nSPS) is 12.8. The van der Waals surface area contributed by atoms with E-state index in [1.54, 1.807) is 0 Å². The molecule has 0 spiro atoms. The summed E-state index contributed by atoms with van der Waals surface area (Å²) in [5.41, 5.74) is 3.26. The average molecular weight is 356 g/mol. The maximum Gasteiger partial charge on any atom is 0.157 e. The van der Waals surface area contributed by atoms with Crippen molar-refractivity contribution < 1.29 is 8.76 Å². The van der Waals surface area contributed by atoms with Gasteiger partial charge in [-0.2, -0.15) is 0 Å². The molecule has 0 amide bonds. The number of hydrogen-bond acceptors (Lipinski definition) is 1. The van der Waals surface area contributed by atoms with Gasteiger partial charge in [-0.3, -0.25) is 0 Å². The molecule has 1 N–H and O–H groups in total. The quantitative estimate of drug-likeness (QED) is 0.663. The van der Waals surface area contributed by atoms with Crippen LogP contribution in [0.2, 0.25) is 0 Å². The predicted octanol–water partition coefficient (Wildman–Crippen LogP) is 3.42. The molecule has 15 heavy (non-hydrogen) atoms. The summed E-state index contributed by atoms with van der Waals surface area (Å²) >= 11 is 5.08. The first-order valence-electron chi connectivity index (χ1n) is 4.46. The van der Waals surface area contributed by atoms with Crippen LogP contribution in [0.4, 0.5) is 0 Å². The van der Waals surface area contributed by atoms with Gasteiger partial charge in [0.05, 0.1) is 5.75 Å². The molecule has 2 nitrogen and oxygen atoms in total. The Labute approximate surface area is 109 Å². The molecule has 1 atom stereocenters. The van der Waals surface area contributed by atoms with Crippen LogP contribution in [0, 0.1) is 6.92 Å². The van der Waals surface area contributed by atoms with Gasteiger partial charge in [-0.25, -0.2) is 4.21 Å². The van der Waals surface area contributed by atoms with Gasteiger partial charge in [0.25, 0.3) is 0 Å². The second-order valence-corrected chi connectivity index (χ2v) is 5.79. The first-order chi connectivity index (χ1) is 7.06. The zero-order chi connectivity index (χ0) is 11.4. The fourth-order valence-electron chi connectivity index (χ4n) is 1.50. The largest absolute Gasteiger partial charge is 0.306 e. The highest BCUT2D eigenvalue weighted by Crippen LogP contribution is 2.25. The third kappa shape index (κ3) is 3.66. The van der Waals surface area contributed by atoms with Crippen LogP contribution in [-0.2, 0) is 23.3 Å². The van der Waals surface area contributed by atoms with Crippen LogP contribution in [0.1, 0.15) is 16.7 Å². The standard InChI is InChI=1S/C10H12Br2O2S/c1-7-9(4-5-11)8(6-15(13)14)2-3-10(7)12/h2-3H,4-6H2,1H3,(H,13,14). The highest BCUT2D eigenvalue weighted by Gasteiger charge is 2.09. The zero-order valence-electron chi connectivity index (χ0n) is 8.30. The van der Waals surface area contributed by atoms with Crippen LogP contribution in [0.5, 0.6) is 0 Å². The minimum Gasteiger partial charge on any atom is -0.306 e. The van der Waals surface area contributed by atoms with Gasteiger partial charge in [-0.15, -0.1) is 0 Å². The molecule has 0 aliphatic rings. The molecule has 1 unspecified atom stereocenters. The summed E-state index contributed by atoms with van der Waals surface area (Å²) in [7, 11) is 0. The lowest BCUT2D eigenvalue weighted by Gasteiger charge is -2.11. The van der Waals surface area contributed by atoms with E-state index >= 15 is 0 Å². The van der Waals surface area contributed by atoms with Gasteiger partial charge >= 0.3 is 0 Å². The van der Waals surface area contributed by atoms with Crippen molar-refractivity contribution in [3.63, 3.8) is 0 Å². The van der Waals surface area contributed by atoms with Crippen molar-refractivity contribution in [1.29, 1.82) is 0 Å². The topological polar surface area (TPSA) is 37.3 Å². The Balaban J connectivity index is 3.14. The molecule has 0 aliphatic heterocycles. The van der Waals surface area contributed by atoms with E-state index in [-0.39, 0.29) is 5.75 Å². The summed E-state index contributed by atoms with van der Waals surface area (Å²) in [6.07, 6.45) is 0.873. The summed E-state index contributed by atoms with van der Waals surface area (Å²) in [5, 5.41) is 0.857. The highest BCUT2D eigenvalue weighted by atomic mass is 79.9. The lowest BCUT2D eigenvalue weighted by atomic mass is 10.0. The van der Waals surface area contributed by atoms with E-state index in [4.69, 9.17) is 4.55 Å². The average Bonchev–Trinajstić information content (AvgIpc) is 2.17. The maximum atomic E-state index is 10.8. The van der Waals surface area contributed by atoms with Crippen LogP contribution in [0.15, 0.2) is 16.6 Å². The summed E-state index contributed by atoms with van der Waals surface area (Å²) in [4.78, 5) is 0. The van der Waals surface area contributed by atoms with Crippen molar-refractivity contribution >= 4 is 42.9 Å². The Bertz CT molecular complexity index is 380. The van der Waals surface area contributed by atoms with Gasteiger partial charge in [0.15, 0.2) is 11.1 Å². The summed E-state index contributed by atoms with van der Waals surface area (Å²) in [6, 6.07) is 3.83. The second kappa shape index (κ2) is 6.13. The van der Waals surface area contributed by atoms with E-state index in [1.165, 1.54) is 0 Å². The molecule has 0 fully saturated rings. The van der Waals surface area contributed by atoms with E-state index in [1.807, 2.05) is 19.1 Å². The molecule has 1 aromatic rings. The Morgan fingerprint density at radius 2 is 2.13 bits per heavy atom. The molecule has 0 aromatic heterocycles. The zero-order valence-corrected chi connectivity index (χ0v) is 12.3. The second-order valence-electron chi connectivity index (χ2n) is 3.21. The lowest BCUT2D eigenvalue weighted by Crippen LogP contribution is -2.02. The number of hydrogen-bond donors (Lipinski definition) is 1. The predicted molar refractivity (Wildman–Crippen MR) is 70.9 cm³/mol. The summed E-state index contributed by atoms with van der Waals surface area (Å²) < 4.78 is 20.8. The molecule has 84 valence electrons. The Morgan fingerprint density at radius 3 is 2.67 bits per heavy atom. The molecule has 0 saturated heterocycles. The van der Waals surface area contributed by atoms with Crippen molar-refractivity contribution in [3.05, 3.63) is 33.3 Å². The molecule has 0 heterocycles. The van der Waals surface area contributed by atoms with E-state index in [2.05, 4.69) is 31.9 Å². The minimum absolute atomic E-state index is 0.205. The summed E-state index contributed by atoms with van der Waals surface area (Å²) in [5.74, 6) is 0.205. The van der Waals surface area contributed by atoms with E-state index in [9.17, 15) is 4.21 Å². The molecular formula is C10H12Br2O2S. The molecule has 0 bridgehead atoms. The Morgan fingerprint density at radius 1 is 1.47 bits per heavy atom. The van der Waals surface area contributed by atoms with Crippen molar-refractivity contribution in [2.24, 2.45) is 0 Å². The van der Waals surface area contributed by atoms with Crippen molar-refractivity contribution in [2.75, 3.05) is 5.33 Å². The van der Waals surface area contributed by atoms with Crippen molar-refractivity contribution in [1.82, 2.24) is 0 Å². The fraction of sp³-hybridized carbons (Fsp3) is 0.400. The number of benzene rings is 1. The Kier molecular flexibility index (Phi) is 5.46. The van der Waals surface area contributed by atoms with Crippen LogP contribution < -0.4 is 0 Å². The van der Waals surface area contributed by atoms with Gasteiger partial charge in [-0.1, -0.05) is 37.9 Å². The van der Waals surface area contributed by atoms with Crippen LogP contribution in [-0.4, -0.2) is 14.1 Å². The summed E-state index contributed by atoms with van der Waals surface area (Å²) in [6.45, 7) is 2.02. The smallest absolute Gasteiger partial charge is 0.157 e. The van der Waals surface area contributed by atoms with Gasteiger partial charge in [0.1, 0.15) is 0 Å². The van der Waals surface area contributed by atoms with Crippen LogP contribution in [0.25, 0.3) is 0 Å². The number of halogens is 2. The third-order valence-electron chi connectivity index (χ3n) is 2.25. The molecule has 0 aliphatic carbocycles. The van der Waals surface area contributed by atoms with E-state index in [0.717, 1.165) is 32.9 Å². The molecule has 1 aromatic carbocycles. The lowest BCUT2D eigenvalue weighted by molar-refractivity contribution is 0.563. The first kappa shape index (κ1) is 13.4. The fourth-order valence-corrected chi connectivity index (χ4v) is 2.80.